The predicted octanol–water partition coefficient (Wildman–Crippen LogP) is 1.76. The fourth-order valence-corrected chi connectivity index (χ4v) is 5.84. The number of rotatable bonds is 6. The summed E-state index contributed by atoms with van der Waals surface area (Å²) in [4.78, 5) is 18.9. The molecule has 2 saturated heterocycles. The number of para-hydroxylation sites is 1. The fraction of sp³-hybridized carbons (Fsp3) is 0.650. The Bertz CT molecular complexity index is 794. The van der Waals surface area contributed by atoms with Crippen LogP contribution in [0.4, 0.5) is 10.1 Å². The van der Waals surface area contributed by atoms with Gasteiger partial charge in [-0.25, -0.2) is 12.8 Å². The number of hydrogen-bond acceptors (Lipinski definition) is 5. The third-order valence-corrected chi connectivity index (χ3v) is 7.63. The van der Waals surface area contributed by atoms with E-state index in [9.17, 15) is 17.6 Å². The maximum absolute atomic E-state index is 14.0. The molecule has 28 heavy (non-hydrogen) atoms. The Labute approximate surface area is 167 Å². The highest BCUT2D eigenvalue weighted by Crippen LogP contribution is 2.23. The van der Waals surface area contributed by atoms with E-state index < -0.39 is 9.84 Å². The van der Waals surface area contributed by atoms with E-state index in [4.69, 9.17) is 0 Å². The van der Waals surface area contributed by atoms with Gasteiger partial charge in [-0.2, -0.15) is 0 Å². The Morgan fingerprint density at radius 1 is 1.25 bits per heavy atom. The van der Waals surface area contributed by atoms with Gasteiger partial charge in [0.1, 0.15) is 5.82 Å². The van der Waals surface area contributed by atoms with Crippen LogP contribution in [-0.2, 0) is 14.6 Å². The molecule has 0 saturated carbocycles. The number of halogens is 1. The summed E-state index contributed by atoms with van der Waals surface area (Å²) < 4.78 is 37.8. The lowest BCUT2D eigenvalue weighted by molar-refractivity contribution is -0.136. The number of anilines is 1. The average molecular weight is 412 g/mol. The number of piperazine rings is 1. The summed E-state index contributed by atoms with van der Waals surface area (Å²) in [6.45, 7) is 6.96. The number of carbonyl (C=O) groups excluding carboxylic acids is 1. The van der Waals surface area contributed by atoms with Gasteiger partial charge in [0, 0.05) is 38.3 Å². The molecule has 2 unspecified atom stereocenters. The Kier molecular flexibility index (Phi) is 6.60. The lowest BCUT2D eigenvalue weighted by atomic mass is 10.1. The lowest BCUT2D eigenvalue weighted by Crippen LogP contribution is -2.54. The van der Waals surface area contributed by atoms with Crippen LogP contribution in [0, 0.1) is 5.82 Å². The summed E-state index contributed by atoms with van der Waals surface area (Å²) in [5, 5.41) is 0. The van der Waals surface area contributed by atoms with E-state index >= 15 is 0 Å². The van der Waals surface area contributed by atoms with Crippen molar-refractivity contribution in [2.24, 2.45) is 0 Å². The molecule has 6 nitrogen and oxygen atoms in total. The van der Waals surface area contributed by atoms with Crippen LogP contribution in [0.15, 0.2) is 24.3 Å². The number of carbonyl (C=O) groups is 1. The van der Waals surface area contributed by atoms with Crippen LogP contribution in [0.5, 0.6) is 0 Å². The standard InChI is InChI=1S/C20H30FN3O3S/c1-3-16(2)24(17-8-13-28(26,27)15-17)20(25)14-22-9-11-23(12-10-22)19-7-5-4-6-18(19)21/h4-7,16-17H,3,8-15H2,1-2H3. The van der Waals surface area contributed by atoms with Crippen LogP contribution in [0.25, 0.3) is 0 Å². The molecule has 2 fully saturated rings. The van der Waals surface area contributed by atoms with Gasteiger partial charge >= 0.3 is 0 Å². The molecular weight excluding hydrogens is 381 g/mol. The van der Waals surface area contributed by atoms with E-state index in [-0.39, 0.29) is 41.9 Å². The van der Waals surface area contributed by atoms with Crippen molar-refractivity contribution in [2.45, 2.75) is 38.8 Å². The normalized spacial score (nSPS) is 23.5. The zero-order valence-electron chi connectivity index (χ0n) is 16.7. The zero-order chi connectivity index (χ0) is 20.3. The number of nitrogens with zero attached hydrogens (tertiary/aromatic N) is 3. The van der Waals surface area contributed by atoms with Crippen LogP contribution in [0.2, 0.25) is 0 Å². The van der Waals surface area contributed by atoms with Crippen molar-refractivity contribution in [2.75, 3.05) is 49.1 Å². The molecule has 1 aromatic carbocycles. The molecule has 1 aromatic rings. The molecule has 2 aliphatic rings. The summed E-state index contributed by atoms with van der Waals surface area (Å²) in [5.74, 6) is 0.0109. The molecule has 8 heteroatoms. The van der Waals surface area contributed by atoms with Crippen molar-refractivity contribution >= 4 is 21.4 Å². The number of benzene rings is 1. The molecule has 2 atom stereocenters. The average Bonchev–Trinajstić information content (AvgIpc) is 3.02. The first-order valence-electron chi connectivity index (χ1n) is 10.0. The molecule has 0 radical (unpaired) electrons. The smallest absolute Gasteiger partial charge is 0.237 e. The molecule has 0 aromatic heterocycles. The van der Waals surface area contributed by atoms with Crippen LogP contribution in [0.1, 0.15) is 26.7 Å². The number of amides is 1. The maximum Gasteiger partial charge on any atom is 0.237 e. The largest absolute Gasteiger partial charge is 0.367 e. The van der Waals surface area contributed by atoms with Gasteiger partial charge in [-0.15, -0.1) is 0 Å². The summed E-state index contributed by atoms with van der Waals surface area (Å²) in [6.07, 6.45) is 1.32. The van der Waals surface area contributed by atoms with E-state index in [1.165, 1.54) is 6.07 Å². The molecule has 2 heterocycles. The van der Waals surface area contributed by atoms with E-state index in [1.807, 2.05) is 24.8 Å². The Balaban J connectivity index is 1.59. The number of hydrogen-bond donors (Lipinski definition) is 0. The van der Waals surface area contributed by atoms with Crippen LogP contribution >= 0.6 is 0 Å². The van der Waals surface area contributed by atoms with Gasteiger partial charge in [0.2, 0.25) is 5.91 Å². The minimum absolute atomic E-state index is 0.00390. The Morgan fingerprint density at radius 2 is 1.93 bits per heavy atom. The van der Waals surface area contributed by atoms with Crippen molar-refractivity contribution in [3.05, 3.63) is 30.1 Å². The van der Waals surface area contributed by atoms with Crippen LogP contribution < -0.4 is 4.90 Å². The molecule has 0 aliphatic carbocycles. The minimum Gasteiger partial charge on any atom is -0.367 e. The molecule has 0 N–H and O–H groups in total. The summed E-state index contributed by atoms with van der Waals surface area (Å²) >= 11 is 0. The highest BCUT2D eigenvalue weighted by atomic mass is 32.2. The number of sulfone groups is 1. The third kappa shape index (κ3) is 4.84. The maximum atomic E-state index is 14.0. The quantitative estimate of drug-likeness (QED) is 0.714. The lowest BCUT2D eigenvalue weighted by Gasteiger charge is -2.39. The van der Waals surface area contributed by atoms with Crippen molar-refractivity contribution in [1.82, 2.24) is 9.80 Å². The molecule has 0 bridgehead atoms. The fourth-order valence-electron chi connectivity index (χ4n) is 4.13. The van der Waals surface area contributed by atoms with E-state index in [0.29, 0.717) is 38.3 Å². The second kappa shape index (κ2) is 8.78. The topological polar surface area (TPSA) is 60.9 Å². The van der Waals surface area contributed by atoms with E-state index in [1.54, 1.807) is 17.0 Å². The van der Waals surface area contributed by atoms with E-state index in [2.05, 4.69) is 4.90 Å². The van der Waals surface area contributed by atoms with Gasteiger partial charge in [-0.3, -0.25) is 9.69 Å². The van der Waals surface area contributed by atoms with Gasteiger partial charge in [-0.1, -0.05) is 19.1 Å². The van der Waals surface area contributed by atoms with Gasteiger partial charge in [0.05, 0.1) is 23.7 Å². The summed E-state index contributed by atoms with van der Waals surface area (Å²) in [7, 11) is -3.04. The molecule has 1 amide bonds. The highest BCUT2D eigenvalue weighted by molar-refractivity contribution is 7.91. The molecule has 3 rings (SSSR count). The molecular formula is C20H30FN3O3S. The monoisotopic (exact) mass is 411 g/mol. The second-order valence-electron chi connectivity index (χ2n) is 7.83. The van der Waals surface area contributed by atoms with Crippen LogP contribution in [-0.4, -0.2) is 80.4 Å². The Hall–Kier alpha value is -1.67. The van der Waals surface area contributed by atoms with Gasteiger partial charge in [0.25, 0.3) is 0 Å². The summed E-state index contributed by atoms with van der Waals surface area (Å²) in [6, 6.07) is 6.55. The molecule has 0 spiro atoms. The van der Waals surface area contributed by atoms with Crippen LogP contribution in [0.3, 0.4) is 0 Å². The van der Waals surface area contributed by atoms with Crippen molar-refractivity contribution in [3.8, 4) is 0 Å². The van der Waals surface area contributed by atoms with Crippen molar-refractivity contribution in [3.63, 3.8) is 0 Å². The van der Waals surface area contributed by atoms with Crippen molar-refractivity contribution in [1.29, 1.82) is 0 Å². The summed E-state index contributed by atoms with van der Waals surface area (Å²) in [5.41, 5.74) is 0.603. The van der Waals surface area contributed by atoms with Gasteiger partial charge in [-0.05, 0) is 31.9 Å². The first-order chi connectivity index (χ1) is 13.3. The van der Waals surface area contributed by atoms with Gasteiger partial charge < -0.3 is 9.80 Å². The minimum atomic E-state index is -3.04. The van der Waals surface area contributed by atoms with Gasteiger partial charge in [0.15, 0.2) is 9.84 Å². The molecule has 2 aliphatic heterocycles. The van der Waals surface area contributed by atoms with E-state index in [0.717, 1.165) is 6.42 Å². The Morgan fingerprint density at radius 3 is 2.50 bits per heavy atom. The third-order valence-electron chi connectivity index (χ3n) is 5.88. The first kappa shape index (κ1) is 21.0. The van der Waals surface area contributed by atoms with Crippen molar-refractivity contribution < 1.29 is 17.6 Å². The SMILES string of the molecule is CCC(C)N(C(=O)CN1CCN(c2ccccc2F)CC1)C1CCS(=O)(=O)C1. The first-order valence-corrected chi connectivity index (χ1v) is 11.9. The zero-order valence-corrected chi connectivity index (χ0v) is 17.5. The predicted molar refractivity (Wildman–Crippen MR) is 109 cm³/mol. The second-order valence-corrected chi connectivity index (χ2v) is 10.1. The highest BCUT2D eigenvalue weighted by Gasteiger charge is 2.37. The molecule has 156 valence electrons.